The van der Waals surface area contributed by atoms with Crippen LogP contribution in [-0.4, -0.2) is 57.2 Å². The molecule has 1 aromatic heterocycles. The predicted molar refractivity (Wildman–Crippen MR) is 116 cm³/mol. The summed E-state index contributed by atoms with van der Waals surface area (Å²) in [5, 5.41) is 7.35. The van der Waals surface area contributed by atoms with E-state index < -0.39 is 0 Å². The lowest BCUT2D eigenvalue weighted by Crippen LogP contribution is -2.49. The Morgan fingerprint density at radius 2 is 2.00 bits per heavy atom. The van der Waals surface area contributed by atoms with E-state index in [1.165, 1.54) is 17.0 Å². The largest absolute Gasteiger partial charge is 0.501 e. The number of methoxy groups -OCH3 is 1. The molecule has 4 aliphatic rings. The Morgan fingerprint density at radius 3 is 2.70 bits per heavy atom. The number of nitrogens with one attached hydrogen (secondary N) is 1. The number of aromatic amines is 1. The van der Waals surface area contributed by atoms with Gasteiger partial charge in [-0.25, -0.2) is 0 Å². The van der Waals surface area contributed by atoms with E-state index in [2.05, 4.69) is 46.0 Å². The highest BCUT2D eigenvalue weighted by atomic mass is 16.5. The van der Waals surface area contributed by atoms with Crippen LogP contribution in [0.4, 0.5) is 0 Å². The van der Waals surface area contributed by atoms with Crippen molar-refractivity contribution in [2.45, 2.75) is 89.4 Å². The first kappa shape index (κ1) is 19.7. The molecule has 0 radical (unpaired) electrons. The second-order valence-electron chi connectivity index (χ2n) is 9.58. The van der Waals surface area contributed by atoms with Gasteiger partial charge >= 0.3 is 0 Å². The van der Waals surface area contributed by atoms with Crippen molar-refractivity contribution in [3.8, 4) is 0 Å². The van der Waals surface area contributed by atoms with Crippen molar-refractivity contribution in [3.05, 3.63) is 41.1 Å². The molecule has 1 saturated heterocycles. The lowest BCUT2D eigenvalue weighted by molar-refractivity contribution is -0.139. The summed E-state index contributed by atoms with van der Waals surface area (Å²) in [5.74, 6) is 1.52. The highest BCUT2D eigenvalue weighted by Gasteiger charge is 2.47. The molecule has 1 N–H and O–H groups in total. The van der Waals surface area contributed by atoms with E-state index in [0.717, 1.165) is 57.1 Å². The minimum Gasteiger partial charge on any atom is -0.501 e. The highest BCUT2D eigenvalue weighted by Crippen LogP contribution is 2.40. The summed E-state index contributed by atoms with van der Waals surface area (Å²) < 4.78 is 5.40. The first-order chi connectivity index (χ1) is 14.6. The maximum absolute atomic E-state index is 13.9. The number of likely N-dealkylation sites (tertiary alicyclic amines) is 1. The number of ether oxygens (including phenoxy) is 1. The van der Waals surface area contributed by atoms with Gasteiger partial charge in [0.25, 0.3) is 0 Å². The Kier molecular flexibility index (Phi) is 5.11. The van der Waals surface area contributed by atoms with Crippen molar-refractivity contribution in [3.63, 3.8) is 0 Å². The third-order valence-corrected chi connectivity index (χ3v) is 7.67. The molecule has 2 heterocycles. The first-order valence-corrected chi connectivity index (χ1v) is 11.6. The number of aryl methyl sites for hydroxylation is 1. The quantitative estimate of drug-likeness (QED) is 0.806. The maximum atomic E-state index is 13.9. The molecule has 30 heavy (non-hydrogen) atoms. The SMILES string of the molecule is COC1=CC=C(N2C(C)CC(C(=O)N(C3CC3)C3CCc4[nH]ncc4C3)C2C)CC1. The van der Waals surface area contributed by atoms with Crippen LogP contribution in [0.3, 0.4) is 0 Å². The molecule has 1 amide bonds. The normalized spacial score (nSPS) is 31.1. The Labute approximate surface area is 179 Å². The number of nitrogens with zero attached hydrogens (tertiary/aromatic N) is 3. The third kappa shape index (κ3) is 3.44. The summed E-state index contributed by atoms with van der Waals surface area (Å²) in [7, 11) is 1.74. The smallest absolute Gasteiger partial charge is 0.228 e. The van der Waals surface area contributed by atoms with E-state index in [0.29, 0.717) is 24.0 Å². The zero-order valence-electron chi connectivity index (χ0n) is 18.4. The lowest BCUT2D eigenvalue weighted by atomic mass is 9.90. The number of carbonyl (C=O) groups is 1. The average molecular weight is 411 g/mol. The summed E-state index contributed by atoms with van der Waals surface area (Å²) in [5.41, 5.74) is 3.91. The number of fused-ring (bicyclic) bond motifs is 1. The summed E-state index contributed by atoms with van der Waals surface area (Å²) in [6.45, 7) is 4.53. The molecule has 5 rings (SSSR count). The van der Waals surface area contributed by atoms with Crippen molar-refractivity contribution in [1.82, 2.24) is 20.0 Å². The van der Waals surface area contributed by atoms with Gasteiger partial charge in [-0.1, -0.05) is 0 Å². The van der Waals surface area contributed by atoms with E-state index in [4.69, 9.17) is 4.74 Å². The Balaban J connectivity index is 1.34. The number of rotatable bonds is 5. The molecule has 1 saturated carbocycles. The van der Waals surface area contributed by atoms with Gasteiger partial charge in [-0.15, -0.1) is 0 Å². The van der Waals surface area contributed by atoms with Crippen LogP contribution < -0.4 is 0 Å². The minimum absolute atomic E-state index is 0.0834. The van der Waals surface area contributed by atoms with Gasteiger partial charge in [0.05, 0.1) is 25.0 Å². The summed E-state index contributed by atoms with van der Waals surface area (Å²) in [6, 6.07) is 1.41. The predicted octanol–water partition coefficient (Wildman–Crippen LogP) is 3.56. The topological polar surface area (TPSA) is 61.5 Å². The second kappa shape index (κ2) is 7.78. The monoisotopic (exact) mass is 410 g/mol. The van der Waals surface area contributed by atoms with Crippen LogP contribution in [-0.2, 0) is 22.4 Å². The Morgan fingerprint density at radius 1 is 1.17 bits per heavy atom. The molecule has 0 spiro atoms. The van der Waals surface area contributed by atoms with Gasteiger partial charge in [0.1, 0.15) is 0 Å². The number of allylic oxidation sites excluding steroid dienone is 4. The molecule has 6 heteroatoms. The van der Waals surface area contributed by atoms with Gasteiger partial charge in [0, 0.05) is 42.0 Å². The molecule has 6 nitrogen and oxygen atoms in total. The van der Waals surface area contributed by atoms with Gasteiger partial charge in [0.15, 0.2) is 0 Å². The number of carbonyl (C=O) groups excluding carboxylic acids is 1. The molecular formula is C24H34N4O2. The number of H-pyrrole nitrogens is 1. The van der Waals surface area contributed by atoms with E-state index in [9.17, 15) is 4.79 Å². The van der Waals surface area contributed by atoms with Gasteiger partial charge in [-0.2, -0.15) is 5.10 Å². The zero-order valence-corrected chi connectivity index (χ0v) is 18.4. The van der Waals surface area contributed by atoms with Crippen molar-refractivity contribution in [2.24, 2.45) is 5.92 Å². The van der Waals surface area contributed by atoms with Gasteiger partial charge in [-0.05, 0) is 76.5 Å². The first-order valence-electron chi connectivity index (χ1n) is 11.6. The second-order valence-corrected chi connectivity index (χ2v) is 9.58. The molecule has 2 fully saturated rings. The molecule has 1 aliphatic heterocycles. The number of aromatic nitrogens is 2. The fraction of sp³-hybridized carbons (Fsp3) is 0.667. The van der Waals surface area contributed by atoms with Gasteiger partial charge in [-0.3, -0.25) is 9.89 Å². The van der Waals surface area contributed by atoms with Crippen LogP contribution in [0.2, 0.25) is 0 Å². The van der Waals surface area contributed by atoms with Crippen LogP contribution in [0.15, 0.2) is 29.8 Å². The average Bonchev–Trinajstić information content (AvgIpc) is 3.39. The van der Waals surface area contributed by atoms with Crippen LogP contribution in [0.5, 0.6) is 0 Å². The fourth-order valence-electron chi connectivity index (χ4n) is 5.95. The van der Waals surface area contributed by atoms with E-state index in [1.54, 1.807) is 7.11 Å². The molecule has 4 unspecified atom stereocenters. The molecule has 4 atom stereocenters. The van der Waals surface area contributed by atoms with Gasteiger partial charge < -0.3 is 14.5 Å². The number of hydrogen-bond donors (Lipinski definition) is 1. The lowest BCUT2D eigenvalue weighted by Gasteiger charge is -2.38. The van der Waals surface area contributed by atoms with E-state index in [1.807, 2.05) is 6.20 Å². The van der Waals surface area contributed by atoms with Crippen molar-refractivity contribution in [2.75, 3.05) is 7.11 Å². The van der Waals surface area contributed by atoms with Crippen molar-refractivity contribution in [1.29, 1.82) is 0 Å². The zero-order chi connectivity index (χ0) is 20.8. The fourth-order valence-corrected chi connectivity index (χ4v) is 5.95. The minimum atomic E-state index is 0.0834. The third-order valence-electron chi connectivity index (χ3n) is 7.67. The van der Waals surface area contributed by atoms with Crippen molar-refractivity contribution >= 4 is 5.91 Å². The van der Waals surface area contributed by atoms with Crippen LogP contribution in [0.1, 0.15) is 63.6 Å². The molecular weight excluding hydrogens is 376 g/mol. The number of hydrogen-bond acceptors (Lipinski definition) is 4. The number of amides is 1. The maximum Gasteiger partial charge on any atom is 0.228 e. The molecule has 1 aromatic rings. The highest BCUT2D eigenvalue weighted by molar-refractivity contribution is 5.81. The molecule has 0 bridgehead atoms. The van der Waals surface area contributed by atoms with Crippen LogP contribution in [0.25, 0.3) is 0 Å². The standard InChI is InChI=1S/C24H34N4O2/c1-15-12-22(16(2)27(15)18-6-9-21(30-3)10-7-18)24(29)28(19-4-5-19)20-8-11-23-17(13-20)14-25-26-23/h6,9,14-16,19-20,22H,4-5,7-8,10-13H2,1-3H3,(H,25,26). The van der Waals surface area contributed by atoms with E-state index >= 15 is 0 Å². The Bertz CT molecular complexity index is 868. The molecule has 0 aromatic carbocycles. The molecule has 3 aliphatic carbocycles. The van der Waals surface area contributed by atoms with Crippen LogP contribution >= 0.6 is 0 Å². The summed E-state index contributed by atoms with van der Waals surface area (Å²) in [4.78, 5) is 18.7. The molecule has 162 valence electrons. The summed E-state index contributed by atoms with van der Waals surface area (Å²) >= 11 is 0. The summed E-state index contributed by atoms with van der Waals surface area (Å²) in [6.07, 6.45) is 14.5. The van der Waals surface area contributed by atoms with E-state index in [-0.39, 0.29) is 12.0 Å². The van der Waals surface area contributed by atoms with Gasteiger partial charge in [0.2, 0.25) is 5.91 Å². The van der Waals surface area contributed by atoms with Crippen molar-refractivity contribution < 1.29 is 9.53 Å². The Hall–Kier alpha value is -2.24. The van der Waals surface area contributed by atoms with Crippen LogP contribution in [0, 0.1) is 5.92 Å².